The van der Waals surface area contributed by atoms with Gasteiger partial charge in [-0.05, 0) is 19.8 Å². The first-order valence-corrected chi connectivity index (χ1v) is 7.39. The van der Waals surface area contributed by atoms with E-state index in [1.165, 1.54) is 8.61 Å². The molecular weight excluding hydrogens is 240 g/mol. The topological polar surface area (TPSA) is 90.5 Å². The number of hydrogen-bond donors (Lipinski definition) is 2. The van der Waals surface area contributed by atoms with E-state index in [2.05, 4.69) is 0 Å². The number of nitrogens with zero attached hydrogens (tertiary/aromatic N) is 2. The fraction of sp³-hybridized carbons (Fsp3) is 0.900. The van der Waals surface area contributed by atoms with E-state index >= 15 is 0 Å². The number of hydrogen-bond acceptors (Lipinski definition) is 3. The van der Waals surface area contributed by atoms with Gasteiger partial charge in [0.05, 0.1) is 6.54 Å². The van der Waals surface area contributed by atoms with Crippen LogP contribution >= 0.6 is 0 Å². The van der Waals surface area contributed by atoms with Crippen LogP contribution in [0.5, 0.6) is 0 Å². The van der Waals surface area contributed by atoms with Crippen LogP contribution in [-0.4, -0.2) is 48.5 Å². The fourth-order valence-corrected chi connectivity index (χ4v) is 3.95. The molecule has 0 aromatic rings. The number of piperidine rings is 1. The van der Waals surface area contributed by atoms with E-state index < -0.39 is 10.2 Å². The van der Waals surface area contributed by atoms with E-state index in [9.17, 15) is 8.42 Å². The molecule has 1 aliphatic rings. The lowest BCUT2D eigenvalue weighted by molar-refractivity contribution is 0.249. The second-order valence-electron chi connectivity index (χ2n) is 4.41. The van der Waals surface area contributed by atoms with Crippen LogP contribution in [0.4, 0.5) is 0 Å². The van der Waals surface area contributed by atoms with E-state index in [1.807, 2.05) is 6.92 Å². The van der Waals surface area contributed by atoms with Crippen molar-refractivity contribution in [3.05, 3.63) is 0 Å². The Morgan fingerprint density at radius 2 is 2.18 bits per heavy atom. The van der Waals surface area contributed by atoms with Gasteiger partial charge in [-0.1, -0.05) is 13.3 Å². The predicted octanol–water partition coefficient (Wildman–Crippen LogP) is 0.363. The van der Waals surface area contributed by atoms with Crippen LogP contribution in [-0.2, 0) is 10.2 Å². The molecule has 17 heavy (non-hydrogen) atoms. The fourth-order valence-electron chi connectivity index (χ4n) is 2.11. The molecule has 3 N–H and O–H groups in total. The van der Waals surface area contributed by atoms with Gasteiger partial charge >= 0.3 is 0 Å². The van der Waals surface area contributed by atoms with E-state index in [4.69, 9.17) is 11.1 Å². The van der Waals surface area contributed by atoms with Crippen molar-refractivity contribution in [2.45, 2.75) is 39.2 Å². The summed E-state index contributed by atoms with van der Waals surface area (Å²) in [4.78, 5) is 0. The molecule has 0 bridgehead atoms. The van der Waals surface area contributed by atoms with E-state index in [-0.39, 0.29) is 18.4 Å². The molecular formula is C10H22N4O2S. The summed E-state index contributed by atoms with van der Waals surface area (Å²) in [5, 5.41) is 7.23. The van der Waals surface area contributed by atoms with Gasteiger partial charge in [-0.2, -0.15) is 17.0 Å². The first kappa shape index (κ1) is 14.4. The summed E-state index contributed by atoms with van der Waals surface area (Å²) in [6.45, 7) is 4.57. The summed E-state index contributed by atoms with van der Waals surface area (Å²) in [5.41, 5.74) is 5.29. The minimum Gasteiger partial charge on any atom is -0.387 e. The van der Waals surface area contributed by atoms with Gasteiger partial charge in [-0.25, -0.2) is 0 Å². The monoisotopic (exact) mass is 262 g/mol. The maximum atomic E-state index is 12.4. The van der Waals surface area contributed by atoms with E-state index in [0.717, 1.165) is 19.3 Å². The minimum absolute atomic E-state index is 0.0257. The van der Waals surface area contributed by atoms with Crippen molar-refractivity contribution in [1.82, 2.24) is 8.61 Å². The molecule has 7 heteroatoms. The molecule has 0 aromatic heterocycles. The molecule has 1 heterocycles. The highest BCUT2D eigenvalue weighted by Crippen LogP contribution is 2.21. The first-order valence-electron chi connectivity index (χ1n) is 5.99. The van der Waals surface area contributed by atoms with Crippen LogP contribution < -0.4 is 5.73 Å². The largest absolute Gasteiger partial charge is 0.387 e. The third-order valence-corrected chi connectivity index (χ3v) is 5.24. The smallest absolute Gasteiger partial charge is 0.282 e. The van der Waals surface area contributed by atoms with Gasteiger partial charge in [0.25, 0.3) is 10.2 Å². The van der Waals surface area contributed by atoms with Gasteiger partial charge in [0.1, 0.15) is 5.84 Å². The van der Waals surface area contributed by atoms with Crippen LogP contribution in [0.15, 0.2) is 0 Å². The average molecular weight is 262 g/mol. The number of nitrogens with one attached hydrogen (secondary N) is 1. The lowest BCUT2D eigenvalue weighted by atomic mass is 10.1. The SMILES string of the molecule is CCN(CC(=N)N)S(=O)(=O)N1CCCCC1C. The molecule has 6 nitrogen and oxygen atoms in total. The lowest BCUT2D eigenvalue weighted by Gasteiger charge is -2.35. The zero-order valence-electron chi connectivity index (χ0n) is 10.5. The summed E-state index contributed by atoms with van der Waals surface area (Å²) in [6, 6.07) is 0.0368. The zero-order valence-corrected chi connectivity index (χ0v) is 11.3. The summed E-state index contributed by atoms with van der Waals surface area (Å²) < 4.78 is 27.5. The van der Waals surface area contributed by atoms with E-state index in [1.54, 1.807) is 6.92 Å². The Morgan fingerprint density at radius 1 is 1.53 bits per heavy atom. The van der Waals surface area contributed by atoms with Crippen LogP contribution in [0.3, 0.4) is 0 Å². The third kappa shape index (κ3) is 3.40. The van der Waals surface area contributed by atoms with Gasteiger partial charge in [0.15, 0.2) is 0 Å². The predicted molar refractivity (Wildman–Crippen MR) is 68.1 cm³/mol. The molecule has 0 spiro atoms. The van der Waals surface area contributed by atoms with Crippen LogP contribution in [0, 0.1) is 5.41 Å². The van der Waals surface area contributed by atoms with Crippen molar-refractivity contribution in [2.24, 2.45) is 5.73 Å². The highest BCUT2D eigenvalue weighted by atomic mass is 32.2. The molecule has 0 amide bonds. The molecule has 0 aliphatic carbocycles. The zero-order chi connectivity index (χ0) is 13.1. The number of nitrogens with two attached hydrogens (primary N) is 1. The summed E-state index contributed by atoms with van der Waals surface area (Å²) >= 11 is 0. The van der Waals surface area contributed by atoms with Crippen molar-refractivity contribution in [1.29, 1.82) is 5.41 Å². The van der Waals surface area contributed by atoms with Crippen LogP contribution in [0.2, 0.25) is 0 Å². The molecule has 100 valence electrons. The third-order valence-electron chi connectivity index (χ3n) is 3.06. The molecule has 1 atom stereocenters. The first-order chi connectivity index (χ1) is 7.89. The Labute approximate surface area is 103 Å². The van der Waals surface area contributed by atoms with Crippen molar-refractivity contribution in [2.75, 3.05) is 19.6 Å². The Hall–Kier alpha value is -0.660. The number of amidine groups is 1. The summed E-state index contributed by atoms with van der Waals surface area (Å²) in [5.74, 6) is -0.125. The van der Waals surface area contributed by atoms with Gasteiger partial charge in [0, 0.05) is 19.1 Å². The average Bonchev–Trinajstić information content (AvgIpc) is 2.25. The molecule has 1 unspecified atom stereocenters. The van der Waals surface area contributed by atoms with Gasteiger partial charge in [-0.15, -0.1) is 0 Å². The van der Waals surface area contributed by atoms with E-state index in [0.29, 0.717) is 13.1 Å². The lowest BCUT2D eigenvalue weighted by Crippen LogP contribution is -2.51. The van der Waals surface area contributed by atoms with Crippen molar-refractivity contribution >= 4 is 16.0 Å². The second-order valence-corrected chi connectivity index (χ2v) is 6.30. The number of likely N-dealkylation sites (N-methyl/N-ethyl adjacent to an activating group) is 1. The van der Waals surface area contributed by atoms with Crippen molar-refractivity contribution < 1.29 is 8.42 Å². The van der Waals surface area contributed by atoms with Crippen molar-refractivity contribution in [3.63, 3.8) is 0 Å². The van der Waals surface area contributed by atoms with Crippen LogP contribution in [0.25, 0.3) is 0 Å². The standard InChI is InChI=1S/C10H22N4O2S/c1-3-13(8-10(11)12)17(15,16)14-7-5-4-6-9(14)2/h9H,3-8H2,1-2H3,(H3,11,12). The normalized spacial score (nSPS) is 22.9. The minimum atomic E-state index is -3.47. The molecule has 1 saturated heterocycles. The van der Waals surface area contributed by atoms with Gasteiger partial charge < -0.3 is 5.73 Å². The highest BCUT2D eigenvalue weighted by Gasteiger charge is 2.33. The molecule has 1 aliphatic heterocycles. The second kappa shape index (κ2) is 5.79. The van der Waals surface area contributed by atoms with Gasteiger partial charge in [0.2, 0.25) is 0 Å². The quantitative estimate of drug-likeness (QED) is 0.554. The molecule has 0 saturated carbocycles. The highest BCUT2D eigenvalue weighted by molar-refractivity contribution is 7.86. The Morgan fingerprint density at radius 3 is 2.65 bits per heavy atom. The maximum Gasteiger partial charge on any atom is 0.282 e. The molecule has 0 radical (unpaired) electrons. The Kier molecular flexibility index (Phi) is 4.91. The summed E-state index contributed by atoms with van der Waals surface area (Å²) in [7, 11) is -3.47. The maximum absolute atomic E-state index is 12.4. The number of rotatable bonds is 5. The Balaban J connectivity index is 2.86. The van der Waals surface area contributed by atoms with Crippen molar-refractivity contribution in [3.8, 4) is 0 Å². The molecule has 1 fully saturated rings. The molecule has 0 aromatic carbocycles. The summed E-state index contributed by atoms with van der Waals surface area (Å²) in [6.07, 6.45) is 2.88. The van der Waals surface area contributed by atoms with Gasteiger partial charge in [-0.3, -0.25) is 5.41 Å². The molecule has 1 rings (SSSR count). The Bertz CT molecular complexity index is 369. The van der Waals surface area contributed by atoms with Crippen LogP contribution in [0.1, 0.15) is 33.1 Å².